The Bertz CT molecular complexity index is 559. The monoisotopic (exact) mass is 370 g/mol. The summed E-state index contributed by atoms with van der Waals surface area (Å²) >= 11 is 6.11. The molecule has 0 aliphatic carbocycles. The minimum Gasteiger partial charge on any atom is -0.497 e. The lowest BCUT2D eigenvalue weighted by atomic mass is 9.97. The van der Waals surface area contributed by atoms with Crippen molar-refractivity contribution in [2.24, 2.45) is 5.92 Å². The molecule has 0 N–H and O–H groups in total. The van der Waals surface area contributed by atoms with E-state index in [9.17, 15) is 9.59 Å². The minimum absolute atomic E-state index is 0.129. The average Bonchev–Trinajstić information content (AvgIpc) is 2.58. The third kappa shape index (κ3) is 7.78. The molecule has 1 atom stereocenters. The van der Waals surface area contributed by atoms with Crippen molar-refractivity contribution in [2.45, 2.75) is 46.0 Å². The molecule has 140 valence electrons. The number of benzene rings is 1. The molecule has 0 aliphatic rings. The Morgan fingerprint density at radius 3 is 2.48 bits per heavy atom. The topological polar surface area (TPSA) is 61.8 Å². The normalized spacial score (nSPS) is 11.7. The van der Waals surface area contributed by atoms with Gasteiger partial charge in [-0.1, -0.05) is 30.9 Å². The first kappa shape index (κ1) is 21.3. The number of hydrogen-bond acceptors (Lipinski definition) is 5. The lowest BCUT2D eigenvalue weighted by molar-refractivity contribution is -0.151. The third-order valence-electron chi connectivity index (χ3n) is 3.85. The molecule has 1 rings (SSSR count). The van der Waals surface area contributed by atoms with Crippen molar-refractivity contribution in [1.29, 1.82) is 0 Å². The molecule has 0 bridgehead atoms. The van der Waals surface area contributed by atoms with Gasteiger partial charge in [0.15, 0.2) is 0 Å². The van der Waals surface area contributed by atoms with E-state index >= 15 is 0 Å². The Kier molecular flexibility index (Phi) is 10.0. The number of carbonyl (C=O) groups is 2. The molecule has 1 aromatic rings. The summed E-state index contributed by atoms with van der Waals surface area (Å²) in [5, 5.41) is 0.526. The largest absolute Gasteiger partial charge is 0.497 e. The van der Waals surface area contributed by atoms with Crippen LogP contribution >= 0.6 is 11.6 Å². The molecule has 0 aliphatic heterocycles. The van der Waals surface area contributed by atoms with Crippen LogP contribution in [0, 0.1) is 5.92 Å². The highest BCUT2D eigenvalue weighted by Crippen LogP contribution is 2.28. The molecular weight excluding hydrogens is 344 g/mol. The molecule has 0 aromatic heterocycles. The minimum atomic E-state index is -0.630. The number of unbranched alkanes of at least 4 members (excludes halogenated alkanes) is 3. The highest BCUT2D eigenvalue weighted by molar-refractivity contribution is 6.32. The molecule has 5 nitrogen and oxygen atoms in total. The summed E-state index contributed by atoms with van der Waals surface area (Å²) in [4.78, 5) is 23.2. The Labute approximate surface area is 154 Å². The number of ketones is 1. The Morgan fingerprint density at radius 2 is 1.88 bits per heavy atom. The van der Waals surface area contributed by atoms with Gasteiger partial charge < -0.3 is 14.2 Å². The van der Waals surface area contributed by atoms with Gasteiger partial charge in [-0.3, -0.25) is 9.59 Å². The summed E-state index contributed by atoms with van der Waals surface area (Å²) in [5.74, 6) is 0.165. The van der Waals surface area contributed by atoms with E-state index in [4.69, 9.17) is 25.8 Å². The SMILES string of the molecule is CCOC(=O)[C@H](CCCCCCOc1ccc(OC)cc1Cl)C(C)=O. The fourth-order valence-corrected chi connectivity index (χ4v) is 2.67. The van der Waals surface area contributed by atoms with Gasteiger partial charge in [-0.05, 0) is 38.8 Å². The molecule has 0 amide bonds. The van der Waals surface area contributed by atoms with Crippen LogP contribution in [0.1, 0.15) is 46.0 Å². The standard InChI is InChI=1S/C19H27ClO5/c1-4-24-19(22)16(14(2)21)9-7-5-6-8-12-25-18-11-10-15(23-3)13-17(18)20/h10-11,13,16H,4-9,12H2,1-3H3/t16-/m1/s1. The molecule has 1 aromatic carbocycles. The van der Waals surface area contributed by atoms with E-state index in [0.29, 0.717) is 36.2 Å². The lowest BCUT2D eigenvalue weighted by Crippen LogP contribution is -2.24. The van der Waals surface area contributed by atoms with Crippen LogP contribution in [0.25, 0.3) is 0 Å². The quantitative estimate of drug-likeness (QED) is 0.309. The summed E-state index contributed by atoms with van der Waals surface area (Å²) in [6.07, 6.45) is 4.13. The van der Waals surface area contributed by atoms with Crippen LogP contribution in [-0.2, 0) is 14.3 Å². The van der Waals surface area contributed by atoms with Gasteiger partial charge in [0.05, 0.1) is 25.3 Å². The van der Waals surface area contributed by atoms with Gasteiger partial charge in [-0.25, -0.2) is 0 Å². The zero-order valence-corrected chi connectivity index (χ0v) is 15.9. The van der Waals surface area contributed by atoms with E-state index in [1.165, 1.54) is 6.92 Å². The predicted molar refractivity (Wildman–Crippen MR) is 97.4 cm³/mol. The highest BCUT2D eigenvalue weighted by atomic mass is 35.5. The van der Waals surface area contributed by atoms with E-state index in [0.717, 1.165) is 25.7 Å². The molecule has 0 saturated heterocycles. The van der Waals surface area contributed by atoms with E-state index in [1.807, 2.05) is 0 Å². The molecule has 0 radical (unpaired) electrons. The average molecular weight is 371 g/mol. The van der Waals surface area contributed by atoms with Crippen molar-refractivity contribution in [3.8, 4) is 11.5 Å². The number of rotatable bonds is 12. The number of ether oxygens (including phenoxy) is 3. The Morgan fingerprint density at radius 1 is 1.16 bits per heavy atom. The van der Waals surface area contributed by atoms with Crippen LogP contribution in [-0.4, -0.2) is 32.1 Å². The van der Waals surface area contributed by atoms with Crippen LogP contribution in [0.3, 0.4) is 0 Å². The van der Waals surface area contributed by atoms with E-state index in [2.05, 4.69) is 0 Å². The number of Topliss-reactive ketones (excluding diaryl/α,β-unsaturated/α-hetero) is 1. The van der Waals surface area contributed by atoms with Crippen molar-refractivity contribution in [3.63, 3.8) is 0 Å². The third-order valence-corrected chi connectivity index (χ3v) is 4.14. The maximum Gasteiger partial charge on any atom is 0.316 e. The van der Waals surface area contributed by atoms with Crippen molar-refractivity contribution < 1.29 is 23.8 Å². The fraction of sp³-hybridized carbons (Fsp3) is 0.579. The number of esters is 1. The lowest BCUT2D eigenvalue weighted by Gasteiger charge is -2.12. The van der Waals surface area contributed by atoms with Crippen molar-refractivity contribution in [2.75, 3.05) is 20.3 Å². The van der Waals surface area contributed by atoms with Crippen molar-refractivity contribution in [3.05, 3.63) is 23.2 Å². The van der Waals surface area contributed by atoms with Gasteiger partial charge in [-0.2, -0.15) is 0 Å². The first-order chi connectivity index (χ1) is 12.0. The van der Waals surface area contributed by atoms with Crippen molar-refractivity contribution >= 4 is 23.4 Å². The molecule has 0 heterocycles. The first-order valence-corrected chi connectivity index (χ1v) is 9.00. The fourth-order valence-electron chi connectivity index (χ4n) is 2.44. The van der Waals surface area contributed by atoms with Crippen LogP contribution in [0.5, 0.6) is 11.5 Å². The zero-order valence-electron chi connectivity index (χ0n) is 15.2. The molecule has 0 saturated carbocycles. The zero-order chi connectivity index (χ0) is 18.7. The molecule has 0 fully saturated rings. The Balaban J connectivity index is 2.21. The maximum absolute atomic E-state index is 11.7. The van der Waals surface area contributed by atoms with Gasteiger partial charge in [0.25, 0.3) is 0 Å². The number of hydrogen-bond donors (Lipinski definition) is 0. The van der Waals surface area contributed by atoms with Gasteiger partial charge in [0.1, 0.15) is 23.2 Å². The van der Waals surface area contributed by atoms with Gasteiger partial charge in [-0.15, -0.1) is 0 Å². The van der Waals surface area contributed by atoms with Gasteiger partial charge >= 0.3 is 5.97 Å². The van der Waals surface area contributed by atoms with E-state index in [1.54, 1.807) is 32.2 Å². The van der Waals surface area contributed by atoms with E-state index in [-0.39, 0.29) is 5.78 Å². The molecule has 0 unspecified atom stereocenters. The highest BCUT2D eigenvalue weighted by Gasteiger charge is 2.23. The predicted octanol–water partition coefficient (Wildman–Crippen LogP) is 4.45. The van der Waals surface area contributed by atoms with Gasteiger partial charge in [0, 0.05) is 6.07 Å². The second-order valence-corrected chi connectivity index (χ2v) is 6.17. The van der Waals surface area contributed by atoms with Gasteiger partial charge in [0.2, 0.25) is 0 Å². The molecule has 6 heteroatoms. The molecule has 0 spiro atoms. The summed E-state index contributed by atoms with van der Waals surface area (Å²) in [7, 11) is 1.59. The number of methoxy groups -OCH3 is 1. The second kappa shape index (κ2) is 11.7. The van der Waals surface area contributed by atoms with E-state index < -0.39 is 11.9 Å². The number of halogens is 1. The summed E-state index contributed by atoms with van der Waals surface area (Å²) in [6, 6.07) is 5.31. The van der Waals surface area contributed by atoms with Crippen molar-refractivity contribution in [1.82, 2.24) is 0 Å². The summed E-state index contributed by atoms with van der Waals surface area (Å²) in [6.45, 7) is 4.05. The van der Waals surface area contributed by atoms with Crippen LogP contribution in [0.2, 0.25) is 5.02 Å². The Hall–Kier alpha value is -1.75. The maximum atomic E-state index is 11.7. The smallest absolute Gasteiger partial charge is 0.316 e. The van der Waals surface area contributed by atoms with Crippen LogP contribution < -0.4 is 9.47 Å². The summed E-state index contributed by atoms with van der Waals surface area (Å²) in [5.41, 5.74) is 0. The molecule has 25 heavy (non-hydrogen) atoms. The second-order valence-electron chi connectivity index (χ2n) is 5.76. The molecular formula is C19H27ClO5. The van der Waals surface area contributed by atoms with Crippen LogP contribution in [0.4, 0.5) is 0 Å². The number of carbonyl (C=O) groups excluding carboxylic acids is 2. The van der Waals surface area contributed by atoms with Crippen LogP contribution in [0.15, 0.2) is 18.2 Å². The summed E-state index contributed by atoms with van der Waals surface area (Å²) < 4.78 is 15.7. The first-order valence-electron chi connectivity index (χ1n) is 8.63.